The van der Waals surface area contributed by atoms with Crippen LogP contribution in [0.15, 0.2) is 36.4 Å². The number of hydrogen-bond donors (Lipinski definition) is 2. The van der Waals surface area contributed by atoms with Gasteiger partial charge in [-0.15, -0.1) is 0 Å². The number of methoxy groups -OCH3 is 1. The van der Waals surface area contributed by atoms with Gasteiger partial charge in [-0.25, -0.2) is 0 Å². The van der Waals surface area contributed by atoms with Crippen LogP contribution in [0.3, 0.4) is 0 Å². The Morgan fingerprint density at radius 1 is 1.23 bits per heavy atom. The van der Waals surface area contributed by atoms with E-state index >= 15 is 0 Å². The molecule has 0 aliphatic carbocycles. The monoisotopic (exact) mass is 373 g/mol. The minimum Gasteiger partial charge on any atom is -0.481 e. The van der Waals surface area contributed by atoms with Gasteiger partial charge in [0.1, 0.15) is 5.82 Å². The van der Waals surface area contributed by atoms with Crippen molar-refractivity contribution in [2.24, 2.45) is 0 Å². The molecule has 7 nitrogen and oxygen atoms in total. The number of anilines is 2. The minimum absolute atomic E-state index is 0.0699. The lowest BCUT2D eigenvalue weighted by molar-refractivity contribution is 0.122. The molecule has 26 heavy (non-hydrogen) atoms. The quantitative estimate of drug-likeness (QED) is 0.774. The first kappa shape index (κ1) is 18.3. The Bertz CT molecular complexity index is 738. The van der Waals surface area contributed by atoms with Gasteiger partial charge in [0, 0.05) is 19.2 Å². The van der Waals surface area contributed by atoms with E-state index in [1.54, 1.807) is 7.11 Å². The highest BCUT2D eigenvalue weighted by molar-refractivity contribution is 7.80. The summed E-state index contributed by atoms with van der Waals surface area (Å²) < 4.78 is 10.7. The molecule has 2 N–H and O–H groups in total. The molecule has 1 fully saturated rings. The smallest absolute Gasteiger partial charge is 0.234 e. The van der Waals surface area contributed by atoms with Crippen molar-refractivity contribution in [3.05, 3.63) is 42.0 Å². The molecule has 138 valence electrons. The third-order valence-corrected chi connectivity index (χ3v) is 4.33. The molecule has 0 radical (unpaired) electrons. The molecule has 0 saturated carbocycles. The van der Waals surface area contributed by atoms with Crippen LogP contribution in [0.2, 0.25) is 0 Å². The van der Waals surface area contributed by atoms with Crippen LogP contribution in [0.5, 0.6) is 5.88 Å². The second-order valence-electron chi connectivity index (χ2n) is 5.92. The molecule has 1 saturated heterocycles. The average molecular weight is 373 g/mol. The van der Waals surface area contributed by atoms with Gasteiger partial charge in [0.05, 0.1) is 26.4 Å². The maximum atomic E-state index is 5.41. The first-order chi connectivity index (χ1) is 12.7. The summed E-state index contributed by atoms with van der Waals surface area (Å²) in [6.45, 7) is 4.99. The number of thiocarbonyl (C=S) groups is 1. The summed E-state index contributed by atoms with van der Waals surface area (Å²) in [4.78, 5) is 11.0. The van der Waals surface area contributed by atoms with E-state index in [0.29, 0.717) is 30.2 Å². The lowest BCUT2D eigenvalue weighted by Gasteiger charge is -2.28. The molecule has 2 heterocycles. The van der Waals surface area contributed by atoms with Gasteiger partial charge in [-0.1, -0.05) is 30.3 Å². The fourth-order valence-electron chi connectivity index (χ4n) is 2.69. The maximum Gasteiger partial charge on any atom is 0.234 e. The van der Waals surface area contributed by atoms with Crippen LogP contribution in [0.25, 0.3) is 0 Å². The Balaban J connectivity index is 1.69. The Kier molecular flexibility index (Phi) is 6.19. The number of benzene rings is 1. The van der Waals surface area contributed by atoms with Gasteiger partial charge in [-0.2, -0.15) is 9.97 Å². The first-order valence-electron chi connectivity index (χ1n) is 8.54. The molecule has 1 aromatic carbocycles. The van der Waals surface area contributed by atoms with E-state index in [0.717, 1.165) is 24.5 Å². The molecule has 1 unspecified atom stereocenters. The molecule has 0 spiro atoms. The SMILES string of the molecule is COc1cc(N2CCOCC2)nc(NC(=S)NC(C)c2ccccc2)n1. The molecule has 1 aromatic heterocycles. The number of ether oxygens (including phenoxy) is 2. The van der Waals surface area contributed by atoms with Crippen LogP contribution in [0, 0.1) is 0 Å². The zero-order chi connectivity index (χ0) is 18.4. The Hall–Kier alpha value is -2.45. The predicted octanol–water partition coefficient (Wildman–Crippen LogP) is 2.37. The normalized spacial score (nSPS) is 15.2. The van der Waals surface area contributed by atoms with E-state index in [2.05, 4.69) is 44.6 Å². The van der Waals surface area contributed by atoms with Crippen molar-refractivity contribution in [1.29, 1.82) is 0 Å². The highest BCUT2D eigenvalue weighted by atomic mass is 32.1. The van der Waals surface area contributed by atoms with Crippen molar-refractivity contribution in [2.75, 3.05) is 43.6 Å². The van der Waals surface area contributed by atoms with Crippen LogP contribution in [0.4, 0.5) is 11.8 Å². The first-order valence-corrected chi connectivity index (χ1v) is 8.95. The molecular formula is C18H23N5O2S. The van der Waals surface area contributed by atoms with E-state index in [1.165, 1.54) is 0 Å². The molecule has 8 heteroatoms. The van der Waals surface area contributed by atoms with Crippen molar-refractivity contribution in [3.63, 3.8) is 0 Å². The standard InChI is InChI=1S/C18H23N5O2S/c1-13(14-6-4-3-5-7-14)19-18(26)22-17-20-15(12-16(21-17)24-2)23-8-10-25-11-9-23/h3-7,12-13H,8-11H2,1-2H3,(H2,19,20,21,22,26). The minimum atomic E-state index is 0.0699. The summed E-state index contributed by atoms with van der Waals surface area (Å²) in [5.41, 5.74) is 1.15. The number of hydrogen-bond acceptors (Lipinski definition) is 6. The Morgan fingerprint density at radius 3 is 2.65 bits per heavy atom. The zero-order valence-corrected chi connectivity index (χ0v) is 15.8. The van der Waals surface area contributed by atoms with E-state index < -0.39 is 0 Å². The number of aromatic nitrogens is 2. The molecule has 0 bridgehead atoms. The van der Waals surface area contributed by atoms with Crippen LogP contribution in [-0.2, 0) is 4.74 Å². The van der Waals surface area contributed by atoms with Gasteiger partial charge in [-0.05, 0) is 24.7 Å². The van der Waals surface area contributed by atoms with Gasteiger partial charge in [0.25, 0.3) is 0 Å². The van der Waals surface area contributed by atoms with E-state index in [4.69, 9.17) is 21.7 Å². The second-order valence-corrected chi connectivity index (χ2v) is 6.33. The summed E-state index contributed by atoms with van der Waals surface area (Å²) in [5.74, 6) is 1.69. The lowest BCUT2D eigenvalue weighted by Crippen LogP contribution is -2.37. The molecule has 3 rings (SSSR count). The molecule has 0 amide bonds. The van der Waals surface area contributed by atoms with Crippen LogP contribution in [0.1, 0.15) is 18.5 Å². The highest BCUT2D eigenvalue weighted by Gasteiger charge is 2.16. The van der Waals surface area contributed by atoms with Crippen molar-refractivity contribution in [1.82, 2.24) is 15.3 Å². The van der Waals surface area contributed by atoms with Crippen molar-refractivity contribution < 1.29 is 9.47 Å². The summed E-state index contributed by atoms with van der Waals surface area (Å²) in [7, 11) is 1.59. The molecule has 2 aromatic rings. The fraction of sp³-hybridized carbons (Fsp3) is 0.389. The molecular weight excluding hydrogens is 350 g/mol. The lowest BCUT2D eigenvalue weighted by atomic mass is 10.1. The Morgan fingerprint density at radius 2 is 1.96 bits per heavy atom. The van der Waals surface area contributed by atoms with Gasteiger partial charge in [0.15, 0.2) is 5.11 Å². The zero-order valence-electron chi connectivity index (χ0n) is 14.9. The average Bonchev–Trinajstić information content (AvgIpc) is 2.69. The van der Waals surface area contributed by atoms with Crippen molar-refractivity contribution in [3.8, 4) is 5.88 Å². The molecule has 1 aliphatic heterocycles. The van der Waals surface area contributed by atoms with Crippen LogP contribution >= 0.6 is 12.2 Å². The van der Waals surface area contributed by atoms with Gasteiger partial charge < -0.3 is 25.0 Å². The number of nitrogens with one attached hydrogen (secondary N) is 2. The van der Waals surface area contributed by atoms with Gasteiger partial charge >= 0.3 is 0 Å². The predicted molar refractivity (Wildman–Crippen MR) is 106 cm³/mol. The largest absolute Gasteiger partial charge is 0.481 e. The van der Waals surface area contributed by atoms with Gasteiger partial charge in [-0.3, -0.25) is 0 Å². The second kappa shape index (κ2) is 8.77. The maximum absolute atomic E-state index is 5.41. The summed E-state index contributed by atoms with van der Waals surface area (Å²) in [5, 5.41) is 6.76. The Labute approximate surface area is 158 Å². The molecule has 1 aliphatic rings. The summed E-state index contributed by atoms with van der Waals surface area (Å²) in [6, 6.07) is 12.0. The van der Waals surface area contributed by atoms with Crippen molar-refractivity contribution in [2.45, 2.75) is 13.0 Å². The number of nitrogens with zero attached hydrogens (tertiary/aromatic N) is 3. The number of morpholine rings is 1. The molecule has 1 atom stereocenters. The third kappa shape index (κ3) is 4.80. The van der Waals surface area contributed by atoms with E-state index in [1.807, 2.05) is 24.3 Å². The van der Waals surface area contributed by atoms with Crippen LogP contribution < -0.4 is 20.3 Å². The van der Waals surface area contributed by atoms with E-state index in [9.17, 15) is 0 Å². The van der Waals surface area contributed by atoms with Gasteiger partial charge in [0.2, 0.25) is 11.8 Å². The highest BCUT2D eigenvalue weighted by Crippen LogP contribution is 2.20. The van der Waals surface area contributed by atoms with E-state index in [-0.39, 0.29) is 6.04 Å². The van der Waals surface area contributed by atoms with Crippen LogP contribution in [-0.4, -0.2) is 48.5 Å². The van der Waals surface area contributed by atoms with Crippen molar-refractivity contribution >= 4 is 29.1 Å². The third-order valence-electron chi connectivity index (χ3n) is 4.11. The number of rotatable bonds is 5. The summed E-state index contributed by atoms with van der Waals surface area (Å²) >= 11 is 5.41. The fourth-order valence-corrected chi connectivity index (χ4v) is 2.96. The topological polar surface area (TPSA) is 71.5 Å². The summed E-state index contributed by atoms with van der Waals surface area (Å²) in [6.07, 6.45) is 0.